The highest BCUT2D eigenvalue weighted by molar-refractivity contribution is 5.76. The Morgan fingerprint density at radius 1 is 1.24 bits per heavy atom. The van der Waals surface area contributed by atoms with Crippen molar-refractivity contribution < 1.29 is 4.79 Å². The molecule has 1 rings (SSSR count). The highest BCUT2D eigenvalue weighted by Gasteiger charge is 2.00. The third kappa shape index (κ3) is 4.63. The van der Waals surface area contributed by atoms with Crippen molar-refractivity contribution >= 4 is 23.0 Å². The van der Waals surface area contributed by atoms with Gasteiger partial charge in [-0.1, -0.05) is 6.92 Å². The summed E-state index contributed by atoms with van der Waals surface area (Å²) >= 11 is 0. The number of nitrogens with two attached hydrogens (primary N) is 2. The van der Waals surface area contributed by atoms with E-state index in [1.54, 1.807) is 12.1 Å². The molecule has 0 spiro atoms. The van der Waals surface area contributed by atoms with Crippen LogP contribution in [0.3, 0.4) is 0 Å². The number of carbonyl (C=O) groups is 1. The van der Waals surface area contributed by atoms with Gasteiger partial charge in [0.1, 0.15) is 0 Å². The first-order chi connectivity index (χ1) is 8.13. The lowest BCUT2D eigenvalue weighted by atomic mass is 10.2. The van der Waals surface area contributed by atoms with E-state index in [0.29, 0.717) is 24.3 Å². The molecule has 0 unspecified atom stereocenters. The second-order valence-corrected chi connectivity index (χ2v) is 3.87. The van der Waals surface area contributed by atoms with Crippen LogP contribution in [0.2, 0.25) is 0 Å². The minimum Gasteiger partial charge on any atom is -0.397 e. The summed E-state index contributed by atoms with van der Waals surface area (Å²) in [5.41, 5.74) is 13.3. The highest BCUT2D eigenvalue weighted by atomic mass is 16.1. The van der Waals surface area contributed by atoms with Crippen molar-refractivity contribution in [1.29, 1.82) is 0 Å². The highest BCUT2D eigenvalue weighted by Crippen LogP contribution is 2.19. The molecule has 0 aliphatic heterocycles. The Bertz CT molecular complexity index is 379. The zero-order chi connectivity index (χ0) is 12.7. The molecule has 1 aromatic carbocycles. The standard InChI is InChI=1S/C12H20N4O/c1-2-6-16-12(17)5-7-15-9-3-4-10(13)11(14)8-9/h3-4,8,15H,2,5-7,13-14H2,1H3,(H,16,17). The fourth-order valence-corrected chi connectivity index (χ4v) is 1.36. The zero-order valence-corrected chi connectivity index (χ0v) is 10.1. The van der Waals surface area contributed by atoms with E-state index < -0.39 is 0 Å². The monoisotopic (exact) mass is 236 g/mol. The maximum atomic E-state index is 11.3. The molecule has 6 N–H and O–H groups in total. The van der Waals surface area contributed by atoms with Gasteiger partial charge in [0.25, 0.3) is 0 Å². The number of benzene rings is 1. The van der Waals surface area contributed by atoms with Gasteiger partial charge in [-0.2, -0.15) is 0 Å². The Kier molecular flexibility index (Phi) is 5.13. The van der Waals surface area contributed by atoms with Crippen LogP contribution in [-0.4, -0.2) is 19.0 Å². The zero-order valence-electron chi connectivity index (χ0n) is 10.1. The van der Waals surface area contributed by atoms with Crippen molar-refractivity contribution in [2.75, 3.05) is 29.9 Å². The summed E-state index contributed by atoms with van der Waals surface area (Å²) in [6.45, 7) is 3.34. The van der Waals surface area contributed by atoms with Crippen LogP contribution < -0.4 is 22.1 Å². The van der Waals surface area contributed by atoms with Gasteiger partial charge in [0.2, 0.25) is 5.91 Å². The normalized spacial score (nSPS) is 9.94. The number of hydrogen-bond donors (Lipinski definition) is 4. The molecular formula is C12H20N4O. The fraction of sp³-hybridized carbons (Fsp3) is 0.417. The van der Waals surface area contributed by atoms with Crippen LogP contribution >= 0.6 is 0 Å². The van der Waals surface area contributed by atoms with Gasteiger partial charge in [-0.3, -0.25) is 4.79 Å². The number of anilines is 3. The predicted octanol–water partition coefficient (Wildman–Crippen LogP) is 1.18. The van der Waals surface area contributed by atoms with Gasteiger partial charge in [-0.05, 0) is 24.6 Å². The first-order valence-corrected chi connectivity index (χ1v) is 5.79. The molecule has 0 saturated carbocycles. The van der Waals surface area contributed by atoms with Crippen molar-refractivity contribution in [2.24, 2.45) is 0 Å². The molecule has 0 heterocycles. The second kappa shape index (κ2) is 6.62. The Hall–Kier alpha value is -1.91. The van der Waals surface area contributed by atoms with Crippen molar-refractivity contribution in [3.05, 3.63) is 18.2 Å². The molecule has 1 aromatic rings. The molecule has 17 heavy (non-hydrogen) atoms. The summed E-state index contributed by atoms with van der Waals surface area (Å²) in [5.74, 6) is 0.0581. The summed E-state index contributed by atoms with van der Waals surface area (Å²) in [6.07, 6.45) is 1.40. The molecule has 1 amide bonds. The first-order valence-electron chi connectivity index (χ1n) is 5.79. The smallest absolute Gasteiger partial charge is 0.221 e. The topological polar surface area (TPSA) is 93.2 Å². The lowest BCUT2D eigenvalue weighted by Gasteiger charge is -2.08. The first kappa shape index (κ1) is 13.2. The van der Waals surface area contributed by atoms with Gasteiger partial charge in [0.15, 0.2) is 0 Å². The Morgan fingerprint density at radius 3 is 2.65 bits per heavy atom. The van der Waals surface area contributed by atoms with Crippen LogP contribution in [0, 0.1) is 0 Å². The summed E-state index contributed by atoms with van der Waals surface area (Å²) in [7, 11) is 0. The molecule has 0 aliphatic carbocycles. The number of amides is 1. The van der Waals surface area contributed by atoms with Gasteiger partial charge < -0.3 is 22.1 Å². The largest absolute Gasteiger partial charge is 0.397 e. The van der Waals surface area contributed by atoms with Crippen molar-refractivity contribution in [3.63, 3.8) is 0 Å². The molecule has 94 valence electrons. The molecule has 5 heteroatoms. The average Bonchev–Trinajstić information content (AvgIpc) is 2.31. The van der Waals surface area contributed by atoms with E-state index in [1.807, 2.05) is 13.0 Å². The second-order valence-electron chi connectivity index (χ2n) is 3.87. The number of nitrogen functional groups attached to an aromatic ring is 2. The van der Waals surface area contributed by atoms with E-state index >= 15 is 0 Å². The third-order valence-corrected chi connectivity index (χ3v) is 2.34. The molecule has 5 nitrogen and oxygen atoms in total. The number of hydrogen-bond acceptors (Lipinski definition) is 4. The van der Waals surface area contributed by atoms with Crippen molar-refractivity contribution in [1.82, 2.24) is 5.32 Å². The quantitative estimate of drug-likeness (QED) is 0.558. The van der Waals surface area contributed by atoms with Crippen LogP contribution in [0.25, 0.3) is 0 Å². The van der Waals surface area contributed by atoms with Gasteiger partial charge in [0, 0.05) is 25.2 Å². The molecule has 0 saturated heterocycles. The van der Waals surface area contributed by atoms with Gasteiger partial charge in [0.05, 0.1) is 11.4 Å². The van der Waals surface area contributed by atoms with Gasteiger partial charge in [-0.25, -0.2) is 0 Å². The molecule has 0 aromatic heterocycles. The maximum absolute atomic E-state index is 11.3. The SMILES string of the molecule is CCCNC(=O)CCNc1ccc(N)c(N)c1. The molecule has 0 atom stereocenters. The van der Waals surface area contributed by atoms with Crippen LogP contribution in [0.4, 0.5) is 17.1 Å². The van der Waals surface area contributed by atoms with Crippen LogP contribution in [0.1, 0.15) is 19.8 Å². The van der Waals surface area contributed by atoms with E-state index in [-0.39, 0.29) is 5.91 Å². The maximum Gasteiger partial charge on any atom is 0.221 e. The van der Waals surface area contributed by atoms with E-state index in [9.17, 15) is 4.79 Å². The Morgan fingerprint density at radius 2 is 2.00 bits per heavy atom. The number of carbonyl (C=O) groups excluding carboxylic acids is 1. The number of rotatable bonds is 6. The van der Waals surface area contributed by atoms with E-state index in [2.05, 4.69) is 10.6 Å². The fourth-order valence-electron chi connectivity index (χ4n) is 1.36. The number of nitrogens with one attached hydrogen (secondary N) is 2. The predicted molar refractivity (Wildman–Crippen MR) is 71.7 cm³/mol. The van der Waals surface area contributed by atoms with Crippen molar-refractivity contribution in [2.45, 2.75) is 19.8 Å². The molecule has 0 aliphatic rings. The lowest BCUT2D eigenvalue weighted by Crippen LogP contribution is -2.25. The molecular weight excluding hydrogens is 216 g/mol. The summed E-state index contributed by atoms with van der Waals surface area (Å²) in [6, 6.07) is 5.35. The van der Waals surface area contributed by atoms with Crippen LogP contribution in [0.15, 0.2) is 18.2 Å². The third-order valence-electron chi connectivity index (χ3n) is 2.34. The summed E-state index contributed by atoms with van der Waals surface area (Å²) in [4.78, 5) is 11.3. The summed E-state index contributed by atoms with van der Waals surface area (Å²) < 4.78 is 0. The molecule has 0 bridgehead atoms. The Labute approximate surface area is 102 Å². The average molecular weight is 236 g/mol. The van der Waals surface area contributed by atoms with Gasteiger partial charge >= 0.3 is 0 Å². The van der Waals surface area contributed by atoms with Crippen molar-refractivity contribution in [3.8, 4) is 0 Å². The Balaban J connectivity index is 2.30. The lowest BCUT2D eigenvalue weighted by molar-refractivity contribution is -0.120. The van der Waals surface area contributed by atoms with Crippen LogP contribution in [0.5, 0.6) is 0 Å². The molecule has 0 fully saturated rings. The van der Waals surface area contributed by atoms with Crippen LogP contribution in [-0.2, 0) is 4.79 Å². The van der Waals surface area contributed by atoms with E-state index in [4.69, 9.17) is 11.5 Å². The molecule has 0 radical (unpaired) electrons. The van der Waals surface area contributed by atoms with E-state index in [1.165, 1.54) is 0 Å². The summed E-state index contributed by atoms with van der Waals surface area (Å²) in [5, 5.41) is 5.94. The van der Waals surface area contributed by atoms with Gasteiger partial charge in [-0.15, -0.1) is 0 Å². The minimum absolute atomic E-state index is 0.0581. The van der Waals surface area contributed by atoms with E-state index in [0.717, 1.165) is 18.7 Å². The minimum atomic E-state index is 0.0581.